The minimum Gasteiger partial charge on any atom is -0.330 e. The van der Waals surface area contributed by atoms with E-state index in [1.54, 1.807) is 22.3 Å². The maximum Gasteiger partial charge on any atom is 0.243 e. The second-order valence-corrected chi connectivity index (χ2v) is 10.2. The van der Waals surface area contributed by atoms with Crippen molar-refractivity contribution in [3.8, 4) is 0 Å². The molecule has 0 bridgehead atoms. The lowest BCUT2D eigenvalue weighted by Gasteiger charge is -2.38. The van der Waals surface area contributed by atoms with Gasteiger partial charge in [-0.1, -0.05) is 51.1 Å². The van der Waals surface area contributed by atoms with Crippen molar-refractivity contribution >= 4 is 23.2 Å². The number of carbonyl (C=O) groups is 2. The van der Waals surface area contributed by atoms with Crippen molar-refractivity contribution in [2.24, 2.45) is 5.41 Å². The van der Waals surface area contributed by atoms with Gasteiger partial charge in [-0.3, -0.25) is 9.59 Å². The fraction of sp³-hybridized carbons (Fsp3) is 0.440. The molecular weight excluding hydrogens is 392 g/mol. The van der Waals surface area contributed by atoms with Crippen molar-refractivity contribution in [2.45, 2.75) is 46.6 Å². The quantitative estimate of drug-likeness (QED) is 0.614. The van der Waals surface area contributed by atoms with Gasteiger partial charge in [0.15, 0.2) is 0 Å². The summed E-state index contributed by atoms with van der Waals surface area (Å²) in [5, 5.41) is 2.11. The predicted molar refractivity (Wildman–Crippen MR) is 124 cm³/mol. The van der Waals surface area contributed by atoms with Gasteiger partial charge in [0, 0.05) is 24.4 Å². The molecule has 1 atom stereocenters. The third kappa shape index (κ3) is 5.01. The summed E-state index contributed by atoms with van der Waals surface area (Å²) in [6.07, 6.45) is 2.96. The largest absolute Gasteiger partial charge is 0.330 e. The number of nitrogens with zero attached hydrogens (tertiary/aromatic N) is 2. The molecule has 0 saturated carbocycles. The first kappa shape index (κ1) is 22.3. The van der Waals surface area contributed by atoms with Crippen LogP contribution in [0.15, 0.2) is 48.4 Å². The normalized spacial score (nSPS) is 16.1. The predicted octanol–water partition coefficient (Wildman–Crippen LogP) is 4.98. The molecule has 3 rings (SSSR count). The Hall–Kier alpha value is -2.40. The van der Waals surface area contributed by atoms with Gasteiger partial charge in [0.25, 0.3) is 0 Å². The Balaban J connectivity index is 1.88. The van der Waals surface area contributed by atoms with Crippen LogP contribution in [0.4, 0.5) is 0 Å². The molecule has 0 spiro atoms. The second-order valence-electron chi connectivity index (χ2n) is 9.20. The minimum atomic E-state index is -0.125. The van der Waals surface area contributed by atoms with E-state index in [0.29, 0.717) is 19.5 Å². The first-order valence-corrected chi connectivity index (χ1v) is 11.4. The molecule has 1 aromatic heterocycles. The van der Waals surface area contributed by atoms with Crippen LogP contribution < -0.4 is 0 Å². The highest BCUT2D eigenvalue weighted by atomic mass is 32.1. The molecule has 2 aromatic rings. The van der Waals surface area contributed by atoms with Crippen LogP contribution in [0, 0.1) is 12.3 Å². The van der Waals surface area contributed by atoms with Gasteiger partial charge in [-0.2, -0.15) is 0 Å². The Morgan fingerprint density at radius 3 is 2.63 bits per heavy atom. The van der Waals surface area contributed by atoms with E-state index in [1.165, 1.54) is 16.0 Å². The van der Waals surface area contributed by atoms with Crippen molar-refractivity contribution in [3.63, 3.8) is 0 Å². The zero-order valence-electron chi connectivity index (χ0n) is 18.5. The number of aryl methyl sites for hydroxylation is 1. The molecule has 5 heteroatoms. The van der Waals surface area contributed by atoms with Crippen LogP contribution in [0.2, 0.25) is 0 Å². The van der Waals surface area contributed by atoms with Crippen molar-refractivity contribution in [2.75, 3.05) is 19.6 Å². The van der Waals surface area contributed by atoms with Gasteiger partial charge >= 0.3 is 0 Å². The van der Waals surface area contributed by atoms with E-state index in [-0.39, 0.29) is 29.8 Å². The summed E-state index contributed by atoms with van der Waals surface area (Å²) < 4.78 is 0. The molecule has 30 heavy (non-hydrogen) atoms. The fourth-order valence-electron chi connectivity index (χ4n) is 4.04. The number of fused-ring (bicyclic) bond motifs is 1. The van der Waals surface area contributed by atoms with Gasteiger partial charge in [-0.15, -0.1) is 17.9 Å². The van der Waals surface area contributed by atoms with Gasteiger partial charge in [-0.25, -0.2) is 0 Å². The average Bonchev–Trinajstić information content (AvgIpc) is 3.15. The molecule has 160 valence electrons. The van der Waals surface area contributed by atoms with E-state index in [1.807, 2.05) is 37.8 Å². The topological polar surface area (TPSA) is 40.6 Å². The molecule has 0 radical (unpaired) electrons. The smallest absolute Gasteiger partial charge is 0.243 e. The molecule has 0 aliphatic carbocycles. The highest BCUT2D eigenvalue weighted by Crippen LogP contribution is 2.39. The van der Waals surface area contributed by atoms with Crippen LogP contribution >= 0.6 is 11.3 Å². The van der Waals surface area contributed by atoms with E-state index < -0.39 is 0 Å². The Kier molecular flexibility index (Phi) is 6.81. The van der Waals surface area contributed by atoms with Crippen LogP contribution in [0.3, 0.4) is 0 Å². The van der Waals surface area contributed by atoms with Gasteiger partial charge in [0.2, 0.25) is 11.8 Å². The SMILES string of the molecule is C=CCN(CC(=O)N1CCc2sccc2[C@H]1c1ccccc1C)C(=O)CC(C)(C)C. The van der Waals surface area contributed by atoms with Gasteiger partial charge < -0.3 is 9.80 Å². The number of rotatable bonds is 6. The molecule has 2 amide bonds. The summed E-state index contributed by atoms with van der Waals surface area (Å²) in [7, 11) is 0. The standard InChI is InChI=1S/C25H32N2O2S/c1-6-13-26(22(28)16-25(3,4)5)17-23(29)27-14-11-21-20(12-15-30-21)24(27)19-10-8-7-9-18(19)2/h6-10,12,15,24H,1,11,13-14,16-17H2,2-5H3/t24-/m1/s1. The molecule has 0 saturated heterocycles. The average molecular weight is 425 g/mol. The van der Waals surface area contributed by atoms with E-state index in [0.717, 1.165) is 12.0 Å². The lowest BCUT2D eigenvalue weighted by atomic mass is 9.90. The Morgan fingerprint density at radius 1 is 1.23 bits per heavy atom. The molecule has 0 fully saturated rings. The lowest BCUT2D eigenvalue weighted by molar-refractivity contribution is -0.142. The Morgan fingerprint density at radius 2 is 1.97 bits per heavy atom. The van der Waals surface area contributed by atoms with Crippen molar-refractivity contribution in [1.82, 2.24) is 9.80 Å². The molecule has 1 aliphatic rings. The maximum atomic E-state index is 13.5. The molecule has 2 heterocycles. The van der Waals surface area contributed by atoms with Crippen molar-refractivity contribution < 1.29 is 9.59 Å². The minimum absolute atomic E-state index is 0.00331. The summed E-state index contributed by atoms with van der Waals surface area (Å²) in [4.78, 5) is 31.3. The number of hydrogen-bond acceptors (Lipinski definition) is 3. The molecule has 0 N–H and O–H groups in total. The lowest BCUT2D eigenvalue weighted by Crippen LogP contribution is -2.47. The molecule has 1 aliphatic heterocycles. The van der Waals surface area contributed by atoms with E-state index in [9.17, 15) is 9.59 Å². The van der Waals surface area contributed by atoms with Crippen LogP contribution in [-0.2, 0) is 16.0 Å². The van der Waals surface area contributed by atoms with Crippen LogP contribution in [0.5, 0.6) is 0 Å². The fourth-order valence-corrected chi connectivity index (χ4v) is 4.95. The first-order valence-electron chi connectivity index (χ1n) is 10.5. The third-order valence-corrected chi connectivity index (χ3v) is 6.48. The number of hydrogen-bond donors (Lipinski definition) is 0. The summed E-state index contributed by atoms with van der Waals surface area (Å²) >= 11 is 1.76. The summed E-state index contributed by atoms with van der Waals surface area (Å²) in [6, 6.07) is 10.3. The zero-order valence-corrected chi connectivity index (χ0v) is 19.3. The Labute approximate surface area is 184 Å². The number of carbonyl (C=O) groups excluding carboxylic acids is 2. The van der Waals surface area contributed by atoms with Gasteiger partial charge in [0.1, 0.15) is 6.54 Å². The number of amides is 2. The molecule has 0 unspecified atom stereocenters. The zero-order chi connectivity index (χ0) is 21.9. The van der Waals surface area contributed by atoms with E-state index in [4.69, 9.17) is 0 Å². The molecule has 4 nitrogen and oxygen atoms in total. The maximum absolute atomic E-state index is 13.5. The highest BCUT2D eigenvalue weighted by Gasteiger charge is 2.34. The number of thiophene rings is 1. The van der Waals surface area contributed by atoms with Gasteiger partial charge in [-0.05, 0) is 46.9 Å². The number of benzene rings is 1. The summed E-state index contributed by atoms with van der Waals surface area (Å²) in [5.41, 5.74) is 3.41. The van der Waals surface area contributed by atoms with Crippen LogP contribution in [0.1, 0.15) is 54.8 Å². The van der Waals surface area contributed by atoms with E-state index in [2.05, 4.69) is 37.1 Å². The summed E-state index contributed by atoms with van der Waals surface area (Å²) in [5.74, 6) is -0.0133. The third-order valence-electron chi connectivity index (χ3n) is 5.48. The molecular formula is C25H32N2O2S. The second kappa shape index (κ2) is 9.17. The summed E-state index contributed by atoms with van der Waals surface area (Å²) in [6.45, 7) is 13.1. The Bertz CT molecular complexity index is 925. The first-order chi connectivity index (χ1) is 14.2. The van der Waals surface area contributed by atoms with Crippen LogP contribution in [-0.4, -0.2) is 41.2 Å². The van der Waals surface area contributed by atoms with Crippen molar-refractivity contribution in [1.29, 1.82) is 0 Å². The van der Waals surface area contributed by atoms with E-state index >= 15 is 0 Å². The molecule has 1 aromatic carbocycles. The van der Waals surface area contributed by atoms with Crippen LogP contribution in [0.25, 0.3) is 0 Å². The monoisotopic (exact) mass is 424 g/mol. The van der Waals surface area contributed by atoms with Gasteiger partial charge in [0.05, 0.1) is 6.04 Å². The van der Waals surface area contributed by atoms with Crippen molar-refractivity contribution in [3.05, 3.63) is 69.9 Å². The highest BCUT2D eigenvalue weighted by molar-refractivity contribution is 7.10.